The van der Waals surface area contributed by atoms with Crippen molar-refractivity contribution in [3.63, 3.8) is 0 Å². The van der Waals surface area contributed by atoms with Gasteiger partial charge in [0.1, 0.15) is 0 Å². The average Bonchev–Trinajstić information content (AvgIpc) is 3.16. The third kappa shape index (κ3) is 3.74. The molecule has 116 valence electrons. The number of halogens is 2. The zero-order valence-electron chi connectivity index (χ0n) is 11.8. The van der Waals surface area contributed by atoms with Gasteiger partial charge in [0.25, 0.3) is 0 Å². The summed E-state index contributed by atoms with van der Waals surface area (Å²) in [6.45, 7) is 1.57. The first-order chi connectivity index (χ1) is 10.5. The monoisotopic (exact) mass is 373 g/mol. The van der Waals surface area contributed by atoms with Crippen LogP contribution in [0.2, 0.25) is 10.0 Å². The summed E-state index contributed by atoms with van der Waals surface area (Å²) in [5.41, 5.74) is 0.999. The van der Waals surface area contributed by atoms with Crippen molar-refractivity contribution < 1.29 is 4.79 Å². The van der Waals surface area contributed by atoms with E-state index in [2.05, 4.69) is 10.2 Å². The number of hydrogen-bond acceptors (Lipinski definition) is 5. The van der Waals surface area contributed by atoms with Crippen LogP contribution < -0.4 is 4.90 Å². The molecule has 8 heteroatoms. The maximum Gasteiger partial charge on any atom is 0.225 e. The van der Waals surface area contributed by atoms with Crippen molar-refractivity contribution in [2.24, 2.45) is 0 Å². The molecule has 0 unspecified atom stereocenters. The molecule has 0 bridgehead atoms. The lowest BCUT2D eigenvalue weighted by molar-refractivity contribution is -0.116. The Labute approximate surface area is 146 Å². The lowest BCUT2D eigenvalue weighted by atomic mass is 10.2. The van der Waals surface area contributed by atoms with Crippen molar-refractivity contribution in [3.8, 4) is 0 Å². The summed E-state index contributed by atoms with van der Waals surface area (Å²) in [6.07, 6.45) is 2.09. The summed E-state index contributed by atoms with van der Waals surface area (Å²) in [7, 11) is 0. The van der Waals surface area contributed by atoms with Crippen molar-refractivity contribution in [2.75, 3.05) is 4.90 Å². The predicted octanol–water partition coefficient (Wildman–Crippen LogP) is 4.65. The van der Waals surface area contributed by atoms with E-state index < -0.39 is 0 Å². The molecule has 1 heterocycles. The number of nitrogens with zero attached hydrogens (tertiary/aromatic N) is 3. The smallest absolute Gasteiger partial charge is 0.225 e. The second-order valence-electron chi connectivity index (χ2n) is 5.00. The molecule has 0 N–H and O–H groups in total. The van der Waals surface area contributed by atoms with Gasteiger partial charge in [-0.25, -0.2) is 0 Å². The fraction of sp³-hybridized carbons (Fsp3) is 0.357. The highest BCUT2D eigenvalue weighted by Crippen LogP contribution is 2.37. The lowest BCUT2D eigenvalue weighted by Gasteiger charge is -2.15. The quantitative estimate of drug-likeness (QED) is 0.564. The Hall–Kier alpha value is -0.820. The molecule has 1 fully saturated rings. The molecular weight excluding hydrogens is 361 g/mol. The molecule has 1 aliphatic rings. The van der Waals surface area contributed by atoms with Crippen molar-refractivity contribution in [3.05, 3.63) is 33.8 Å². The Balaban J connectivity index is 1.67. The highest BCUT2D eigenvalue weighted by atomic mass is 35.5. The maximum absolute atomic E-state index is 11.7. The van der Waals surface area contributed by atoms with Crippen LogP contribution in [0.4, 0.5) is 5.13 Å². The Bertz CT molecular complexity index is 703. The minimum Gasteiger partial charge on any atom is -0.284 e. The molecule has 2 aromatic rings. The number of carbonyl (C=O) groups excluding carboxylic acids is 1. The molecular formula is C14H13Cl2N3OS2. The van der Waals surface area contributed by atoms with Crippen LogP contribution in [-0.4, -0.2) is 22.1 Å². The fourth-order valence-corrected chi connectivity index (χ4v) is 4.53. The molecule has 0 spiro atoms. The third-order valence-corrected chi connectivity index (χ3v) is 5.91. The molecule has 0 radical (unpaired) electrons. The maximum atomic E-state index is 11.7. The first-order valence-corrected chi connectivity index (χ1v) is 9.30. The second-order valence-corrected chi connectivity index (χ2v) is 8.02. The summed E-state index contributed by atoms with van der Waals surface area (Å²) in [4.78, 5) is 13.5. The summed E-state index contributed by atoms with van der Waals surface area (Å²) in [6, 6.07) is 5.76. The van der Waals surface area contributed by atoms with Gasteiger partial charge in [-0.2, -0.15) is 0 Å². The Morgan fingerprint density at radius 1 is 1.41 bits per heavy atom. The van der Waals surface area contributed by atoms with Crippen LogP contribution in [0, 0.1) is 0 Å². The van der Waals surface area contributed by atoms with E-state index in [1.165, 1.54) is 11.3 Å². The van der Waals surface area contributed by atoms with E-state index in [9.17, 15) is 4.79 Å². The predicted molar refractivity (Wildman–Crippen MR) is 92.1 cm³/mol. The highest BCUT2D eigenvalue weighted by molar-refractivity contribution is 8.00. The SMILES string of the molecule is CC(=O)N(c1nnc(SCc2ccc(Cl)cc2Cl)s1)C1CC1. The number of aromatic nitrogens is 2. The minimum atomic E-state index is 0.0240. The van der Waals surface area contributed by atoms with Crippen LogP contribution in [0.15, 0.2) is 22.5 Å². The van der Waals surface area contributed by atoms with E-state index in [0.29, 0.717) is 27.0 Å². The molecule has 0 saturated heterocycles. The van der Waals surface area contributed by atoms with Gasteiger partial charge in [0.05, 0.1) is 0 Å². The molecule has 1 aliphatic carbocycles. The number of thioether (sulfide) groups is 1. The Morgan fingerprint density at radius 3 is 2.82 bits per heavy atom. The van der Waals surface area contributed by atoms with Gasteiger partial charge in [0.2, 0.25) is 11.0 Å². The van der Waals surface area contributed by atoms with Gasteiger partial charge in [0.15, 0.2) is 4.34 Å². The van der Waals surface area contributed by atoms with Crippen LogP contribution in [0.25, 0.3) is 0 Å². The lowest BCUT2D eigenvalue weighted by Crippen LogP contribution is -2.30. The molecule has 22 heavy (non-hydrogen) atoms. The number of carbonyl (C=O) groups is 1. The van der Waals surface area contributed by atoms with Crippen LogP contribution in [-0.2, 0) is 10.5 Å². The van der Waals surface area contributed by atoms with Crippen molar-refractivity contribution in [2.45, 2.75) is 35.9 Å². The van der Waals surface area contributed by atoms with Gasteiger partial charge in [-0.3, -0.25) is 9.69 Å². The zero-order chi connectivity index (χ0) is 15.7. The number of rotatable bonds is 5. The van der Waals surface area contributed by atoms with E-state index in [4.69, 9.17) is 23.2 Å². The summed E-state index contributed by atoms with van der Waals surface area (Å²) in [5, 5.41) is 10.3. The molecule has 1 saturated carbocycles. The zero-order valence-corrected chi connectivity index (χ0v) is 14.9. The molecule has 0 aliphatic heterocycles. The van der Waals surface area contributed by atoms with E-state index in [0.717, 1.165) is 22.7 Å². The Morgan fingerprint density at radius 2 is 2.18 bits per heavy atom. The minimum absolute atomic E-state index is 0.0240. The number of benzene rings is 1. The van der Waals surface area contributed by atoms with Crippen molar-refractivity contribution >= 4 is 57.3 Å². The standard InChI is InChI=1S/C14H13Cl2N3OS2/c1-8(20)19(11-4-5-11)13-17-18-14(22-13)21-7-9-2-3-10(15)6-12(9)16/h2-3,6,11H,4-5,7H2,1H3. The molecule has 1 amide bonds. The van der Waals surface area contributed by atoms with Crippen LogP contribution >= 0.6 is 46.3 Å². The van der Waals surface area contributed by atoms with Crippen molar-refractivity contribution in [1.29, 1.82) is 0 Å². The van der Waals surface area contributed by atoms with Gasteiger partial charge < -0.3 is 0 Å². The van der Waals surface area contributed by atoms with Gasteiger partial charge in [-0.15, -0.1) is 10.2 Å². The van der Waals surface area contributed by atoms with Crippen LogP contribution in [0.1, 0.15) is 25.3 Å². The molecule has 4 nitrogen and oxygen atoms in total. The van der Waals surface area contributed by atoms with Crippen LogP contribution in [0.3, 0.4) is 0 Å². The topological polar surface area (TPSA) is 46.1 Å². The summed E-state index contributed by atoms with van der Waals surface area (Å²) in [5.74, 6) is 0.713. The largest absolute Gasteiger partial charge is 0.284 e. The number of hydrogen-bond donors (Lipinski definition) is 0. The van der Waals surface area contributed by atoms with Crippen LogP contribution in [0.5, 0.6) is 0 Å². The third-order valence-electron chi connectivity index (χ3n) is 3.22. The summed E-state index contributed by atoms with van der Waals surface area (Å²) < 4.78 is 0.827. The molecule has 3 rings (SSSR count). The van der Waals surface area contributed by atoms with Gasteiger partial charge in [-0.1, -0.05) is 52.4 Å². The number of amides is 1. The van der Waals surface area contributed by atoms with Gasteiger partial charge in [0, 0.05) is 28.8 Å². The average molecular weight is 374 g/mol. The van der Waals surface area contributed by atoms with Gasteiger partial charge >= 0.3 is 0 Å². The van der Waals surface area contributed by atoms with E-state index >= 15 is 0 Å². The normalized spacial score (nSPS) is 14.1. The highest BCUT2D eigenvalue weighted by Gasteiger charge is 2.34. The first-order valence-electron chi connectivity index (χ1n) is 6.74. The second kappa shape index (κ2) is 6.74. The van der Waals surface area contributed by atoms with E-state index in [1.54, 1.807) is 29.7 Å². The van der Waals surface area contributed by atoms with Gasteiger partial charge in [-0.05, 0) is 30.5 Å². The Kier molecular flexibility index (Phi) is 4.92. The van der Waals surface area contributed by atoms with E-state index in [-0.39, 0.29) is 5.91 Å². The first kappa shape index (κ1) is 16.1. The van der Waals surface area contributed by atoms with E-state index in [1.807, 2.05) is 12.1 Å². The number of anilines is 1. The molecule has 1 aromatic heterocycles. The fourth-order valence-electron chi connectivity index (χ4n) is 2.02. The molecule has 1 aromatic carbocycles. The van der Waals surface area contributed by atoms with Crippen molar-refractivity contribution in [1.82, 2.24) is 10.2 Å². The molecule has 0 atom stereocenters. The summed E-state index contributed by atoms with van der Waals surface area (Å²) >= 11 is 15.0.